The van der Waals surface area contributed by atoms with Crippen LogP contribution in [0.3, 0.4) is 0 Å². The third-order valence-corrected chi connectivity index (χ3v) is 8.46. The van der Waals surface area contributed by atoms with Gasteiger partial charge in [-0.05, 0) is 85.7 Å². The molecule has 9 nitrogen and oxygen atoms in total. The Morgan fingerprint density at radius 1 is 0.907 bits per heavy atom. The Labute approximate surface area is 252 Å². The van der Waals surface area contributed by atoms with Crippen LogP contribution in [0, 0.1) is 12.8 Å². The van der Waals surface area contributed by atoms with Gasteiger partial charge in [-0.1, -0.05) is 37.1 Å². The molecule has 3 aromatic carbocycles. The van der Waals surface area contributed by atoms with Crippen molar-refractivity contribution in [2.24, 2.45) is 5.92 Å². The van der Waals surface area contributed by atoms with Crippen LogP contribution < -0.4 is 20.1 Å². The topological polar surface area (TPSA) is 106 Å². The molecule has 0 bridgehead atoms. The second-order valence-electron chi connectivity index (χ2n) is 11.2. The Morgan fingerprint density at radius 2 is 1.65 bits per heavy atom. The number of nitrogens with zero attached hydrogens (tertiary/aromatic N) is 1. The van der Waals surface area contributed by atoms with Crippen LogP contribution >= 0.6 is 0 Å². The number of fused-ring (bicyclic) bond motifs is 1. The molecular formula is C34H39N3O6. The number of ether oxygens (including phenoxy) is 3. The number of para-hydroxylation sites is 1. The summed E-state index contributed by atoms with van der Waals surface area (Å²) >= 11 is 0. The fourth-order valence-electron chi connectivity index (χ4n) is 6.30. The number of urea groups is 1. The number of hydrogen-bond acceptors (Lipinski definition) is 6. The standard InChI is InChI=1S/C34H39N3O6/c1-22-8-4-6-10-28(22)35-34(40)36-29-17-12-23(18-31(29)41-2)19-32(38)37-26(20-25-9-5-7-11-30(25)37)21-43-27-15-13-24(14-16-27)33(39)42-3/h4,6,8,10,12-18,25-26,30H,5,7,9,11,19-21H2,1-3H3,(H2,35,36,40). The summed E-state index contributed by atoms with van der Waals surface area (Å²) in [5.41, 5.74) is 3.47. The van der Waals surface area contributed by atoms with E-state index >= 15 is 0 Å². The second kappa shape index (κ2) is 13.6. The maximum absolute atomic E-state index is 13.8. The molecule has 5 rings (SSSR count). The third kappa shape index (κ3) is 7.10. The second-order valence-corrected chi connectivity index (χ2v) is 11.2. The minimum Gasteiger partial charge on any atom is -0.495 e. The largest absolute Gasteiger partial charge is 0.495 e. The molecule has 43 heavy (non-hydrogen) atoms. The molecule has 3 unspecified atom stereocenters. The molecular weight excluding hydrogens is 546 g/mol. The van der Waals surface area contributed by atoms with Crippen LogP contribution in [-0.2, 0) is 16.0 Å². The summed E-state index contributed by atoms with van der Waals surface area (Å²) in [7, 11) is 2.90. The van der Waals surface area contributed by atoms with E-state index in [1.54, 1.807) is 37.4 Å². The van der Waals surface area contributed by atoms with E-state index in [0.29, 0.717) is 35.3 Å². The van der Waals surface area contributed by atoms with Crippen LogP contribution in [0.1, 0.15) is 53.6 Å². The summed E-state index contributed by atoms with van der Waals surface area (Å²) < 4.78 is 16.5. The lowest BCUT2D eigenvalue weighted by molar-refractivity contribution is -0.134. The molecule has 226 valence electrons. The molecule has 2 aliphatic rings. The van der Waals surface area contributed by atoms with E-state index in [-0.39, 0.29) is 30.4 Å². The predicted molar refractivity (Wildman–Crippen MR) is 165 cm³/mol. The number of likely N-dealkylation sites (tertiary alicyclic amines) is 1. The van der Waals surface area contributed by atoms with Crippen LogP contribution in [-0.4, -0.2) is 55.7 Å². The highest BCUT2D eigenvalue weighted by molar-refractivity contribution is 6.01. The minimum atomic E-state index is -0.394. The zero-order valence-electron chi connectivity index (χ0n) is 24.9. The number of amides is 3. The molecule has 2 fully saturated rings. The van der Waals surface area contributed by atoms with Crippen molar-refractivity contribution < 1.29 is 28.6 Å². The molecule has 0 aromatic heterocycles. The van der Waals surface area contributed by atoms with Gasteiger partial charge in [-0.3, -0.25) is 4.79 Å². The van der Waals surface area contributed by atoms with E-state index < -0.39 is 5.97 Å². The number of benzene rings is 3. The van der Waals surface area contributed by atoms with Gasteiger partial charge in [0.1, 0.15) is 18.1 Å². The van der Waals surface area contributed by atoms with Crippen LogP contribution in [0.15, 0.2) is 66.7 Å². The number of hydrogen-bond donors (Lipinski definition) is 2. The Balaban J connectivity index is 1.25. The number of rotatable bonds is 9. The van der Waals surface area contributed by atoms with E-state index in [0.717, 1.165) is 42.5 Å². The lowest BCUT2D eigenvalue weighted by Gasteiger charge is -2.34. The lowest BCUT2D eigenvalue weighted by Crippen LogP contribution is -2.46. The van der Waals surface area contributed by atoms with Gasteiger partial charge in [0.2, 0.25) is 5.91 Å². The van der Waals surface area contributed by atoms with E-state index in [1.165, 1.54) is 13.5 Å². The zero-order valence-corrected chi connectivity index (χ0v) is 24.9. The van der Waals surface area contributed by atoms with Gasteiger partial charge in [0.25, 0.3) is 0 Å². The van der Waals surface area contributed by atoms with Gasteiger partial charge in [0.15, 0.2) is 0 Å². The van der Waals surface area contributed by atoms with Crippen molar-refractivity contribution in [3.05, 3.63) is 83.4 Å². The van der Waals surface area contributed by atoms with Crippen LogP contribution in [0.2, 0.25) is 0 Å². The first-order chi connectivity index (χ1) is 20.9. The average Bonchev–Trinajstić information content (AvgIpc) is 3.40. The summed E-state index contributed by atoms with van der Waals surface area (Å²) in [5.74, 6) is 1.27. The molecule has 0 radical (unpaired) electrons. The first kappa shape index (κ1) is 29.9. The number of aryl methyl sites for hydroxylation is 1. The van der Waals surface area contributed by atoms with Gasteiger partial charge in [-0.2, -0.15) is 0 Å². The molecule has 3 atom stereocenters. The van der Waals surface area contributed by atoms with E-state index in [2.05, 4.69) is 15.5 Å². The maximum atomic E-state index is 13.8. The van der Waals surface area contributed by atoms with Gasteiger partial charge < -0.3 is 29.7 Å². The summed E-state index contributed by atoms with van der Waals surface area (Å²) in [6.07, 6.45) is 5.57. The zero-order chi connectivity index (χ0) is 30.3. The van der Waals surface area contributed by atoms with E-state index in [9.17, 15) is 14.4 Å². The number of esters is 1. The van der Waals surface area contributed by atoms with E-state index in [1.807, 2.05) is 43.3 Å². The molecule has 1 saturated heterocycles. The highest BCUT2D eigenvalue weighted by atomic mass is 16.5. The fourth-order valence-corrected chi connectivity index (χ4v) is 6.30. The lowest BCUT2D eigenvalue weighted by atomic mass is 9.84. The molecule has 1 saturated carbocycles. The Bertz CT molecular complexity index is 1460. The van der Waals surface area contributed by atoms with Crippen molar-refractivity contribution in [2.45, 2.75) is 57.5 Å². The van der Waals surface area contributed by atoms with Crippen molar-refractivity contribution in [1.82, 2.24) is 4.90 Å². The first-order valence-corrected chi connectivity index (χ1v) is 14.8. The average molecular weight is 586 g/mol. The van der Waals surface area contributed by atoms with E-state index in [4.69, 9.17) is 14.2 Å². The molecule has 0 spiro atoms. The van der Waals surface area contributed by atoms with Gasteiger partial charge in [-0.25, -0.2) is 9.59 Å². The van der Waals surface area contributed by atoms with Crippen molar-refractivity contribution in [2.75, 3.05) is 31.5 Å². The monoisotopic (exact) mass is 585 g/mol. The van der Waals surface area contributed by atoms with Crippen LogP contribution in [0.5, 0.6) is 11.5 Å². The van der Waals surface area contributed by atoms with Crippen LogP contribution in [0.4, 0.5) is 16.2 Å². The Morgan fingerprint density at radius 3 is 2.40 bits per heavy atom. The van der Waals surface area contributed by atoms with Gasteiger partial charge in [-0.15, -0.1) is 0 Å². The summed E-state index contributed by atoms with van der Waals surface area (Å²) in [4.78, 5) is 40.3. The summed E-state index contributed by atoms with van der Waals surface area (Å²) in [6, 6.07) is 19.7. The molecule has 2 N–H and O–H groups in total. The van der Waals surface area contributed by atoms with Crippen molar-refractivity contribution in [1.29, 1.82) is 0 Å². The highest BCUT2D eigenvalue weighted by Crippen LogP contribution is 2.40. The SMILES string of the molecule is COC(=O)c1ccc(OCC2CC3CCCCC3N2C(=O)Cc2ccc(NC(=O)Nc3ccccc3C)c(OC)c2)cc1. The number of nitrogens with one attached hydrogen (secondary N) is 2. The molecule has 3 amide bonds. The highest BCUT2D eigenvalue weighted by Gasteiger charge is 2.44. The van der Waals surface area contributed by atoms with Gasteiger partial charge in [0, 0.05) is 11.7 Å². The number of methoxy groups -OCH3 is 2. The molecule has 1 heterocycles. The maximum Gasteiger partial charge on any atom is 0.337 e. The van der Waals surface area contributed by atoms with Crippen molar-refractivity contribution in [3.63, 3.8) is 0 Å². The van der Waals surface area contributed by atoms with Crippen molar-refractivity contribution >= 4 is 29.3 Å². The normalized spacial score (nSPS) is 19.2. The predicted octanol–water partition coefficient (Wildman–Crippen LogP) is 6.22. The minimum absolute atomic E-state index is 0.0335. The Hall–Kier alpha value is -4.53. The molecule has 1 aliphatic heterocycles. The Kier molecular flexibility index (Phi) is 9.49. The smallest absolute Gasteiger partial charge is 0.337 e. The van der Waals surface area contributed by atoms with Crippen molar-refractivity contribution in [3.8, 4) is 11.5 Å². The quantitative estimate of drug-likeness (QED) is 0.289. The van der Waals surface area contributed by atoms with Crippen LogP contribution in [0.25, 0.3) is 0 Å². The fraction of sp³-hybridized carbons (Fsp3) is 0.382. The number of carbonyl (C=O) groups is 3. The number of carbonyl (C=O) groups excluding carboxylic acids is 3. The number of anilines is 2. The third-order valence-electron chi connectivity index (χ3n) is 8.46. The van der Waals surface area contributed by atoms with Gasteiger partial charge >= 0.3 is 12.0 Å². The summed E-state index contributed by atoms with van der Waals surface area (Å²) in [5, 5.41) is 5.71. The molecule has 9 heteroatoms. The molecule has 1 aliphatic carbocycles. The molecule has 3 aromatic rings. The summed E-state index contributed by atoms with van der Waals surface area (Å²) in [6.45, 7) is 2.32. The first-order valence-electron chi connectivity index (χ1n) is 14.8. The van der Waals surface area contributed by atoms with Gasteiger partial charge in [0.05, 0.1) is 37.9 Å².